The third kappa shape index (κ3) is 8.00. The van der Waals surface area contributed by atoms with Crippen LogP contribution in [0.2, 0.25) is 0 Å². The first kappa shape index (κ1) is 28.5. The quantitative estimate of drug-likeness (QED) is 0.454. The Morgan fingerprint density at radius 1 is 1.10 bits per heavy atom. The fourth-order valence-corrected chi connectivity index (χ4v) is 4.96. The van der Waals surface area contributed by atoms with Crippen LogP contribution in [0, 0.1) is 5.92 Å². The molecule has 0 aliphatic carbocycles. The van der Waals surface area contributed by atoms with E-state index in [1.165, 1.54) is 7.11 Å². The standard InChI is InChI=1S/C23H27F3N6O6S/c1-36-20(35)14-4-6-32(7-5-14)22-30-29-21(39-22)28-19(34)15-2-3-17(38-23(24,25)26)16(12-15)27-18(33)13-31-8-10-37-11-9-31/h2-3,12,14H,4-11,13H2,1H3,(H,27,33)(H,28,29,34). The molecular weight excluding hydrogens is 545 g/mol. The molecule has 2 amide bonds. The predicted molar refractivity (Wildman–Crippen MR) is 134 cm³/mol. The van der Waals surface area contributed by atoms with Crippen LogP contribution in [0.1, 0.15) is 23.2 Å². The number of amides is 2. The molecule has 1 aromatic heterocycles. The molecule has 2 fully saturated rings. The van der Waals surface area contributed by atoms with Gasteiger partial charge in [0.1, 0.15) is 0 Å². The van der Waals surface area contributed by atoms with Crippen LogP contribution >= 0.6 is 11.3 Å². The Hall–Kier alpha value is -3.50. The highest BCUT2D eigenvalue weighted by Crippen LogP contribution is 2.32. The number of anilines is 3. The largest absolute Gasteiger partial charge is 0.573 e. The first-order valence-electron chi connectivity index (χ1n) is 12.1. The summed E-state index contributed by atoms with van der Waals surface area (Å²) in [7, 11) is 1.35. The lowest BCUT2D eigenvalue weighted by Gasteiger charge is -2.29. The van der Waals surface area contributed by atoms with Gasteiger partial charge in [0, 0.05) is 31.7 Å². The maximum atomic E-state index is 12.9. The summed E-state index contributed by atoms with van der Waals surface area (Å²) in [6.45, 7) is 2.99. The topological polar surface area (TPSA) is 135 Å². The van der Waals surface area contributed by atoms with E-state index in [0.29, 0.717) is 57.4 Å². The third-order valence-electron chi connectivity index (χ3n) is 6.15. The normalized spacial score (nSPS) is 17.0. The molecule has 0 spiro atoms. The summed E-state index contributed by atoms with van der Waals surface area (Å²) in [4.78, 5) is 40.9. The van der Waals surface area contributed by atoms with Gasteiger partial charge in [0.15, 0.2) is 5.75 Å². The molecule has 2 aliphatic rings. The van der Waals surface area contributed by atoms with Crippen LogP contribution < -0.4 is 20.3 Å². The van der Waals surface area contributed by atoms with Crippen molar-refractivity contribution in [3.63, 3.8) is 0 Å². The number of alkyl halides is 3. The fourth-order valence-electron chi connectivity index (χ4n) is 4.17. The number of hydrogen-bond donors (Lipinski definition) is 2. The SMILES string of the molecule is COC(=O)C1CCN(c2nnc(NC(=O)c3ccc(OC(F)(F)F)c(NC(=O)CN4CCOCC4)c3)s2)CC1. The minimum Gasteiger partial charge on any atom is -0.469 e. The maximum absolute atomic E-state index is 12.9. The monoisotopic (exact) mass is 572 g/mol. The Balaban J connectivity index is 1.42. The van der Waals surface area contributed by atoms with Gasteiger partial charge < -0.3 is 24.4 Å². The third-order valence-corrected chi connectivity index (χ3v) is 7.05. The highest BCUT2D eigenvalue weighted by molar-refractivity contribution is 7.19. The molecule has 4 rings (SSSR count). The zero-order chi connectivity index (χ0) is 28.0. The summed E-state index contributed by atoms with van der Waals surface area (Å²) in [5.74, 6) is -2.30. The van der Waals surface area contributed by atoms with Crippen LogP contribution in [0.5, 0.6) is 5.75 Å². The molecule has 1 aromatic carbocycles. The van der Waals surface area contributed by atoms with Gasteiger partial charge in [0.2, 0.25) is 16.2 Å². The van der Waals surface area contributed by atoms with E-state index in [2.05, 4.69) is 25.6 Å². The summed E-state index contributed by atoms with van der Waals surface area (Å²) in [5, 5.41) is 13.8. The molecule has 39 heavy (non-hydrogen) atoms. The number of carbonyl (C=O) groups excluding carboxylic acids is 3. The molecule has 2 aromatic rings. The number of nitrogens with one attached hydrogen (secondary N) is 2. The first-order valence-corrected chi connectivity index (χ1v) is 12.9. The predicted octanol–water partition coefficient (Wildman–Crippen LogP) is 2.35. The van der Waals surface area contributed by atoms with Gasteiger partial charge >= 0.3 is 12.3 Å². The Morgan fingerprint density at radius 3 is 2.49 bits per heavy atom. The van der Waals surface area contributed by atoms with Crippen molar-refractivity contribution in [3.8, 4) is 5.75 Å². The lowest BCUT2D eigenvalue weighted by molar-refractivity contribution is -0.274. The zero-order valence-electron chi connectivity index (χ0n) is 21.0. The van der Waals surface area contributed by atoms with Gasteiger partial charge in [-0.2, -0.15) is 0 Å². The number of nitrogens with zero attached hydrogens (tertiary/aromatic N) is 4. The van der Waals surface area contributed by atoms with Crippen molar-refractivity contribution in [2.24, 2.45) is 5.92 Å². The smallest absolute Gasteiger partial charge is 0.469 e. The van der Waals surface area contributed by atoms with Crippen LogP contribution in [0.15, 0.2) is 18.2 Å². The molecule has 12 nitrogen and oxygen atoms in total. The lowest BCUT2D eigenvalue weighted by Crippen LogP contribution is -2.41. The number of methoxy groups -OCH3 is 1. The molecule has 2 saturated heterocycles. The number of esters is 1. The van der Waals surface area contributed by atoms with E-state index < -0.39 is 23.9 Å². The summed E-state index contributed by atoms with van der Waals surface area (Å²) < 4.78 is 52.9. The Morgan fingerprint density at radius 2 is 1.82 bits per heavy atom. The second kappa shape index (κ2) is 12.6. The highest BCUT2D eigenvalue weighted by Gasteiger charge is 2.33. The Labute approximate surface area is 225 Å². The van der Waals surface area contributed by atoms with Gasteiger partial charge in [0.05, 0.1) is 38.5 Å². The van der Waals surface area contributed by atoms with E-state index in [4.69, 9.17) is 9.47 Å². The van der Waals surface area contributed by atoms with Crippen LogP contribution in [0.25, 0.3) is 0 Å². The van der Waals surface area contributed by atoms with Crippen molar-refractivity contribution in [2.75, 3.05) is 68.6 Å². The first-order chi connectivity index (χ1) is 18.6. The number of aromatic nitrogens is 2. The minimum atomic E-state index is -5.00. The van der Waals surface area contributed by atoms with Gasteiger partial charge in [0.25, 0.3) is 5.91 Å². The number of hydrogen-bond acceptors (Lipinski definition) is 11. The molecular formula is C23H27F3N6O6S. The van der Waals surface area contributed by atoms with Crippen LogP contribution in [0.4, 0.5) is 29.1 Å². The maximum Gasteiger partial charge on any atom is 0.573 e. The van der Waals surface area contributed by atoms with E-state index in [1.807, 2.05) is 4.90 Å². The number of halogens is 3. The second-order valence-electron chi connectivity index (χ2n) is 8.82. The lowest BCUT2D eigenvalue weighted by atomic mass is 9.97. The van der Waals surface area contributed by atoms with Gasteiger partial charge in [-0.3, -0.25) is 24.6 Å². The van der Waals surface area contributed by atoms with Crippen molar-refractivity contribution in [1.82, 2.24) is 15.1 Å². The summed E-state index contributed by atoms with van der Waals surface area (Å²) in [6, 6.07) is 3.21. The summed E-state index contributed by atoms with van der Waals surface area (Å²) in [6.07, 6.45) is -3.80. The van der Waals surface area contributed by atoms with E-state index >= 15 is 0 Å². The Kier molecular flexibility index (Phi) is 9.19. The summed E-state index contributed by atoms with van der Waals surface area (Å²) in [5.41, 5.74) is -0.327. The fraction of sp³-hybridized carbons (Fsp3) is 0.522. The van der Waals surface area contributed by atoms with Gasteiger partial charge in [-0.15, -0.1) is 23.4 Å². The van der Waals surface area contributed by atoms with Crippen molar-refractivity contribution in [2.45, 2.75) is 19.2 Å². The van der Waals surface area contributed by atoms with Crippen LogP contribution in [-0.4, -0.2) is 92.3 Å². The molecule has 3 heterocycles. The van der Waals surface area contributed by atoms with Gasteiger partial charge in [-0.1, -0.05) is 11.3 Å². The molecule has 2 N–H and O–H groups in total. The number of morpholine rings is 1. The molecule has 0 saturated carbocycles. The van der Waals surface area contributed by atoms with Gasteiger partial charge in [-0.05, 0) is 31.0 Å². The average Bonchev–Trinajstić information content (AvgIpc) is 3.37. The van der Waals surface area contributed by atoms with E-state index in [-0.39, 0.29) is 34.8 Å². The second-order valence-corrected chi connectivity index (χ2v) is 9.78. The van der Waals surface area contributed by atoms with Crippen LogP contribution in [0.3, 0.4) is 0 Å². The molecule has 0 bridgehead atoms. The molecule has 2 aliphatic heterocycles. The number of ether oxygens (including phenoxy) is 3. The van der Waals surface area contributed by atoms with Gasteiger partial charge in [-0.25, -0.2) is 0 Å². The van der Waals surface area contributed by atoms with Crippen LogP contribution in [-0.2, 0) is 19.1 Å². The van der Waals surface area contributed by atoms with Crippen molar-refractivity contribution < 1.29 is 41.8 Å². The molecule has 0 radical (unpaired) electrons. The Bertz CT molecular complexity index is 1180. The van der Waals surface area contributed by atoms with Crippen molar-refractivity contribution >= 4 is 45.1 Å². The van der Waals surface area contributed by atoms with Crippen molar-refractivity contribution in [1.29, 1.82) is 0 Å². The van der Waals surface area contributed by atoms with E-state index in [1.54, 1.807) is 4.90 Å². The number of piperidine rings is 1. The van der Waals surface area contributed by atoms with Crippen molar-refractivity contribution in [3.05, 3.63) is 23.8 Å². The van der Waals surface area contributed by atoms with E-state index in [0.717, 1.165) is 29.5 Å². The molecule has 16 heteroatoms. The summed E-state index contributed by atoms with van der Waals surface area (Å²) >= 11 is 1.12. The zero-order valence-corrected chi connectivity index (χ0v) is 21.8. The van der Waals surface area contributed by atoms with E-state index in [9.17, 15) is 27.6 Å². The number of benzene rings is 1. The number of rotatable bonds is 8. The molecule has 0 atom stereocenters. The molecule has 0 unspecified atom stereocenters. The minimum absolute atomic E-state index is 0.0261. The highest BCUT2D eigenvalue weighted by atomic mass is 32.1. The average molecular weight is 573 g/mol. The molecule has 212 valence electrons. The number of carbonyl (C=O) groups is 3.